The Kier molecular flexibility index (Phi) is 3.33. The highest BCUT2D eigenvalue weighted by atomic mass is 32.2. The van der Waals surface area contributed by atoms with Gasteiger partial charge < -0.3 is 10.7 Å². The van der Waals surface area contributed by atoms with Gasteiger partial charge in [-0.25, -0.2) is 13.2 Å². The lowest BCUT2D eigenvalue weighted by atomic mass is 10.2. The van der Waals surface area contributed by atoms with E-state index in [1.165, 1.54) is 43.3 Å². The van der Waals surface area contributed by atoms with Crippen LogP contribution in [0.4, 0.5) is 5.69 Å². The van der Waals surface area contributed by atoms with Crippen molar-refractivity contribution in [2.75, 3.05) is 5.73 Å². The van der Waals surface area contributed by atoms with Gasteiger partial charge >= 0.3 is 5.69 Å². The summed E-state index contributed by atoms with van der Waals surface area (Å²) < 4.78 is 26.3. The first-order chi connectivity index (χ1) is 10.8. The number of rotatable bonds is 3. The molecular formula is C15H13N3O4S. The fraction of sp³-hybridized carbons (Fsp3) is 0.0667. The van der Waals surface area contributed by atoms with Gasteiger partial charge in [0.05, 0.1) is 15.9 Å². The number of imidazole rings is 1. The van der Waals surface area contributed by atoms with Crippen molar-refractivity contribution in [2.45, 2.75) is 11.8 Å². The number of carbonyl (C=O) groups excluding carboxylic acids is 1. The van der Waals surface area contributed by atoms with E-state index in [-0.39, 0.29) is 21.8 Å². The quantitative estimate of drug-likeness (QED) is 0.555. The number of H-pyrrole nitrogens is 1. The maximum absolute atomic E-state index is 12.8. The van der Waals surface area contributed by atoms with E-state index in [0.717, 1.165) is 0 Å². The normalized spacial score (nSPS) is 11.7. The number of carbonyl (C=O) groups is 1. The lowest BCUT2D eigenvalue weighted by molar-refractivity contribution is 0.101. The number of fused-ring (bicyclic) bond motifs is 1. The molecule has 0 bridgehead atoms. The van der Waals surface area contributed by atoms with Crippen molar-refractivity contribution in [2.24, 2.45) is 0 Å². The van der Waals surface area contributed by atoms with Crippen molar-refractivity contribution >= 4 is 32.5 Å². The van der Waals surface area contributed by atoms with Gasteiger partial charge in [0.25, 0.3) is 10.0 Å². The molecule has 1 aromatic heterocycles. The maximum atomic E-state index is 12.8. The molecule has 0 unspecified atom stereocenters. The van der Waals surface area contributed by atoms with Gasteiger partial charge in [-0.3, -0.25) is 4.79 Å². The number of hydrogen-bond donors (Lipinski definition) is 2. The molecule has 3 N–H and O–H groups in total. The third kappa shape index (κ3) is 2.42. The van der Waals surface area contributed by atoms with Crippen LogP contribution in [-0.2, 0) is 10.0 Å². The minimum Gasteiger partial charge on any atom is -0.399 e. The van der Waals surface area contributed by atoms with Crippen LogP contribution >= 0.6 is 0 Å². The number of hydrogen-bond acceptors (Lipinski definition) is 5. The molecule has 0 radical (unpaired) electrons. The number of Topliss-reactive ketones (excluding diaryl/α,β-unsaturated/α-hetero) is 1. The lowest BCUT2D eigenvalue weighted by Gasteiger charge is -2.07. The number of benzene rings is 2. The molecule has 23 heavy (non-hydrogen) atoms. The molecule has 8 heteroatoms. The van der Waals surface area contributed by atoms with E-state index in [2.05, 4.69) is 4.98 Å². The predicted octanol–water partition coefficient (Wildman–Crippen LogP) is 1.35. The molecule has 0 aliphatic rings. The van der Waals surface area contributed by atoms with E-state index in [1.54, 1.807) is 6.07 Å². The largest absolute Gasteiger partial charge is 0.399 e. The molecule has 3 rings (SSSR count). The number of nitrogens with one attached hydrogen (secondary N) is 1. The fourth-order valence-corrected chi connectivity index (χ4v) is 3.73. The second-order valence-electron chi connectivity index (χ2n) is 5.06. The molecular weight excluding hydrogens is 318 g/mol. The van der Waals surface area contributed by atoms with E-state index in [0.29, 0.717) is 15.2 Å². The van der Waals surface area contributed by atoms with Crippen molar-refractivity contribution in [3.8, 4) is 0 Å². The minimum atomic E-state index is -4.16. The summed E-state index contributed by atoms with van der Waals surface area (Å²) in [5.74, 6) is -0.266. The number of aromatic nitrogens is 2. The smallest absolute Gasteiger partial charge is 0.340 e. The van der Waals surface area contributed by atoms with Crippen molar-refractivity contribution < 1.29 is 13.2 Å². The monoisotopic (exact) mass is 331 g/mol. The highest BCUT2D eigenvalue weighted by molar-refractivity contribution is 7.90. The van der Waals surface area contributed by atoms with Gasteiger partial charge in [-0.05, 0) is 37.3 Å². The predicted molar refractivity (Wildman–Crippen MR) is 86.0 cm³/mol. The summed E-state index contributed by atoms with van der Waals surface area (Å²) >= 11 is 0. The molecule has 3 aromatic rings. The van der Waals surface area contributed by atoms with Crippen molar-refractivity contribution in [3.05, 3.63) is 58.5 Å². The molecule has 2 aromatic carbocycles. The minimum absolute atomic E-state index is 0.143. The molecule has 0 atom stereocenters. The summed E-state index contributed by atoms with van der Waals surface area (Å²) in [5, 5.41) is 0. The van der Waals surface area contributed by atoms with Crippen LogP contribution in [0.3, 0.4) is 0 Å². The third-order valence-electron chi connectivity index (χ3n) is 3.45. The van der Waals surface area contributed by atoms with E-state index in [4.69, 9.17) is 5.73 Å². The van der Waals surface area contributed by atoms with Crippen LogP contribution in [0.1, 0.15) is 17.3 Å². The van der Waals surface area contributed by atoms with Crippen LogP contribution < -0.4 is 11.4 Å². The van der Waals surface area contributed by atoms with Crippen LogP contribution in [0.25, 0.3) is 11.0 Å². The molecule has 0 fully saturated rings. The Bertz CT molecular complexity index is 1090. The Labute approximate surface area is 131 Å². The molecule has 0 saturated carbocycles. The SMILES string of the molecule is CC(=O)c1cccc(S(=O)(=O)n2c(=O)[nH]c3ccc(N)cc32)c1. The number of anilines is 1. The van der Waals surface area contributed by atoms with Crippen LogP contribution in [-0.4, -0.2) is 23.2 Å². The van der Waals surface area contributed by atoms with E-state index in [9.17, 15) is 18.0 Å². The molecule has 0 amide bonds. The van der Waals surface area contributed by atoms with Crippen LogP contribution in [0.2, 0.25) is 0 Å². The Hall–Kier alpha value is -2.87. The maximum Gasteiger partial charge on any atom is 0.340 e. The first-order valence-corrected chi connectivity index (χ1v) is 8.11. The summed E-state index contributed by atoms with van der Waals surface area (Å²) in [5.41, 5.74) is 5.98. The lowest BCUT2D eigenvalue weighted by Crippen LogP contribution is -2.25. The first kappa shape index (κ1) is 15.0. The second-order valence-corrected chi connectivity index (χ2v) is 6.85. The average Bonchev–Trinajstić information content (AvgIpc) is 2.83. The Balaban J connectivity index is 2.31. The van der Waals surface area contributed by atoms with E-state index < -0.39 is 15.7 Å². The summed E-state index contributed by atoms with van der Waals surface area (Å²) in [6, 6.07) is 10.0. The zero-order valence-electron chi connectivity index (χ0n) is 12.1. The number of nitrogens with zero attached hydrogens (tertiary/aromatic N) is 1. The fourth-order valence-electron chi connectivity index (χ4n) is 2.32. The van der Waals surface area contributed by atoms with Gasteiger partial charge in [-0.1, -0.05) is 12.1 Å². The molecule has 1 heterocycles. The highest BCUT2D eigenvalue weighted by Gasteiger charge is 2.23. The Morgan fingerprint density at radius 3 is 2.61 bits per heavy atom. The topological polar surface area (TPSA) is 115 Å². The van der Waals surface area contributed by atoms with Crippen molar-refractivity contribution in [3.63, 3.8) is 0 Å². The van der Waals surface area contributed by atoms with Crippen LogP contribution in [0.5, 0.6) is 0 Å². The van der Waals surface area contributed by atoms with E-state index >= 15 is 0 Å². The summed E-state index contributed by atoms with van der Waals surface area (Å²) in [7, 11) is -4.16. The highest BCUT2D eigenvalue weighted by Crippen LogP contribution is 2.21. The Morgan fingerprint density at radius 1 is 1.17 bits per heavy atom. The number of ketones is 1. The van der Waals surface area contributed by atoms with Crippen LogP contribution in [0, 0.1) is 0 Å². The Morgan fingerprint density at radius 2 is 1.91 bits per heavy atom. The summed E-state index contributed by atoms with van der Waals surface area (Å²) in [4.78, 5) is 25.9. The summed E-state index contributed by atoms with van der Waals surface area (Å²) in [6.07, 6.45) is 0. The molecule has 0 spiro atoms. The number of nitrogens with two attached hydrogens (primary N) is 1. The standard InChI is InChI=1S/C15H13N3O4S/c1-9(19)10-3-2-4-12(7-10)23(21,22)18-14-8-11(16)5-6-13(14)17-15(18)20/h2-8H,16H2,1H3,(H,17,20). The third-order valence-corrected chi connectivity index (χ3v) is 5.14. The molecule has 0 aliphatic heterocycles. The van der Waals surface area contributed by atoms with E-state index in [1.807, 2.05) is 0 Å². The zero-order chi connectivity index (χ0) is 16.8. The van der Waals surface area contributed by atoms with Crippen LogP contribution in [0.15, 0.2) is 52.2 Å². The summed E-state index contributed by atoms with van der Waals surface area (Å²) in [6.45, 7) is 1.34. The molecule has 7 nitrogen and oxygen atoms in total. The van der Waals surface area contributed by atoms with Gasteiger partial charge in [0.1, 0.15) is 0 Å². The van der Waals surface area contributed by atoms with Crippen molar-refractivity contribution in [1.29, 1.82) is 0 Å². The van der Waals surface area contributed by atoms with Gasteiger partial charge in [0.2, 0.25) is 0 Å². The van der Waals surface area contributed by atoms with Gasteiger partial charge in [-0.2, -0.15) is 3.97 Å². The van der Waals surface area contributed by atoms with Crippen molar-refractivity contribution in [1.82, 2.24) is 8.96 Å². The molecule has 118 valence electrons. The first-order valence-electron chi connectivity index (χ1n) is 6.67. The van der Waals surface area contributed by atoms with Gasteiger partial charge in [-0.15, -0.1) is 0 Å². The number of nitrogen functional groups attached to an aromatic ring is 1. The molecule has 0 aliphatic carbocycles. The second kappa shape index (κ2) is 5.10. The van der Waals surface area contributed by atoms with Gasteiger partial charge in [0.15, 0.2) is 5.78 Å². The number of aromatic amines is 1. The average molecular weight is 331 g/mol. The zero-order valence-corrected chi connectivity index (χ0v) is 12.9. The van der Waals surface area contributed by atoms with Gasteiger partial charge in [0, 0.05) is 11.3 Å². The molecule has 0 saturated heterocycles.